The van der Waals surface area contributed by atoms with Gasteiger partial charge in [0, 0.05) is 55.8 Å². The molecule has 0 bridgehead atoms. The summed E-state index contributed by atoms with van der Waals surface area (Å²) in [6, 6.07) is 7.64. The number of hydrogen-bond donors (Lipinski definition) is 0. The third-order valence-electron chi connectivity index (χ3n) is 4.39. The van der Waals surface area contributed by atoms with E-state index in [0.717, 1.165) is 26.1 Å². The van der Waals surface area contributed by atoms with E-state index in [4.69, 9.17) is 9.47 Å². The van der Waals surface area contributed by atoms with Gasteiger partial charge in [-0.05, 0) is 30.9 Å². The maximum absolute atomic E-state index is 11.6. The summed E-state index contributed by atoms with van der Waals surface area (Å²) in [5, 5.41) is 11.1. The molecule has 1 aliphatic rings. The first-order valence-corrected chi connectivity index (χ1v) is 8.20. The zero-order chi connectivity index (χ0) is 17.8. The summed E-state index contributed by atoms with van der Waals surface area (Å²) in [6.07, 6.45) is 3.55. The van der Waals surface area contributed by atoms with Crippen LogP contribution in [0.2, 0.25) is 0 Å². The molecule has 7 heteroatoms. The van der Waals surface area contributed by atoms with Crippen molar-refractivity contribution in [1.29, 1.82) is 0 Å². The fourth-order valence-corrected chi connectivity index (χ4v) is 2.86. The van der Waals surface area contributed by atoms with E-state index >= 15 is 0 Å². The van der Waals surface area contributed by atoms with Gasteiger partial charge in [-0.3, -0.25) is 14.9 Å². The lowest BCUT2D eigenvalue weighted by molar-refractivity contribution is -0.384. The van der Waals surface area contributed by atoms with Crippen molar-refractivity contribution in [2.45, 2.75) is 12.8 Å². The number of rotatable bonds is 5. The highest BCUT2D eigenvalue weighted by molar-refractivity contribution is 5.72. The van der Waals surface area contributed by atoms with Crippen LogP contribution in [0.25, 0.3) is 11.1 Å². The van der Waals surface area contributed by atoms with Gasteiger partial charge in [-0.2, -0.15) is 0 Å². The van der Waals surface area contributed by atoms with Gasteiger partial charge in [0.25, 0.3) is 5.69 Å². The number of aryl methyl sites for hydroxylation is 1. The zero-order valence-electron chi connectivity index (χ0n) is 14.0. The molecule has 3 rings (SSSR count). The molecule has 0 unspecified atom stereocenters. The van der Waals surface area contributed by atoms with E-state index < -0.39 is 4.92 Å². The van der Waals surface area contributed by atoms with Crippen LogP contribution >= 0.6 is 0 Å². The smallest absolute Gasteiger partial charge is 0.270 e. The molecule has 1 saturated heterocycles. The number of aromatic nitrogens is 1. The van der Waals surface area contributed by atoms with Gasteiger partial charge in [-0.25, -0.2) is 0 Å². The van der Waals surface area contributed by atoms with Gasteiger partial charge in [-0.1, -0.05) is 0 Å². The van der Waals surface area contributed by atoms with Crippen LogP contribution in [-0.4, -0.2) is 29.3 Å². The number of non-ortho nitro benzene ring substituents is 1. The topological polar surface area (TPSA) is 83.6 Å². The van der Waals surface area contributed by atoms with Crippen molar-refractivity contribution in [2.75, 3.05) is 19.8 Å². The molecule has 0 aliphatic carbocycles. The highest BCUT2D eigenvalue weighted by atomic mass is 16.6. The van der Waals surface area contributed by atoms with Crippen molar-refractivity contribution in [1.82, 2.24) is 4.57 Å². The van der Waals surface area contributed by atoms with E-state index in [9.17, 15) is 14.9 Å². The quantitative estimate of drug-likeness (QED) is 0.615. The second kappa shape index (κ2) is 7.48. The highest BCUT2D eigenvalue weighted by Gasteiger charge is 2.18. The minimum atomic E-state index is -0.437. The summed E-state index contributed by atoms with van der Waals surface area (Å²) in [5.41, 5.74) is 1.16. The molecule has 0 spiro atoms. The van der Waals surface area contributed by atoms with E-state index in [1.54, 1.807) is 25.4 Å². The fraction of sp³-hybridized carbons (Fsp3) is 0.389. The van der Waals surface area contributed by atoms with Crippen LogP contribution in [0.1, 0.15) is 12.8 Å². The summed E-state index contributed by atoms with van der Waals surface area (Å²) in [4.78, 5) is 22.3. The summed E-state index contributed by atoms with van der Waals surface area (Å²) in [6.45, 7) is 2.02. The summed E-state index contributed by atoms with van der Waals surface area (Å²) >= 11 is 0. The number of pyridine rings is 1. The van der Waals surface area contributed by atoms with Gasteiger partial charge in [0.1, 0.15) is 5.75 Å². The Bertz CT molecular complexity index is 824. The van der Waals surface area contributed by atoms with E-state index in [1.807, 2.05) is 0 Å². The molecule has 132 valence electrons. The summed E-state index contributed by atoms with van der Waals surface area (Å²) in [5.74, 6) is 0.993. The van der Waals surface area contributed by atoms with Gasteiger partial charge in [0.05, 0.1) is 11.5 Å². The lowest BCUT2D eigenvalue weighted by Gasteiger charge is -2.22. The molecule has 7 nitrogen and oxygen atoms in total. The molecule has 2 heterocycles. The van der Waals surface area contributed by atoms with Crippen LogP contribution in [0.15, 0.2) is 41.3 Å². The van der Waals surface area contributed by atoms with Crippen LogP contribution in [0, 0.1) is 16.0 Å². The molecule has 1 fully saturated rings. The SMILES string of the molecule is Cn1cc(-c2cc([N+](=O)[O-])ccc2OCC2CCOCC2)ccc1=O. The van der Waals surface area contributed by atoms with Crippen LogP contribution in [0.4, 0.5) is 5.69 Å². The first kappa shape index (κ1) is 17.2. The standard InChI is InChI=1S/C18H20N2O5/c1-19-11-14(2-5-18(19)21)16-10-15(20(22)23)3-4-17(16)25-12-13-6-8-24-9-7-13/h2-5,10-11,13H,6-9,12H2,1H3. The summed E-state index contributed by atoms with van der Waals surface area (Å²) in [7, 11) is 1.64. The predicted octanol–water partition coefficient (Wildman–Crippen LogP) is 2.77. The molecule has 0 amide bonds. The number of ether oxygens (including phenoxy) is 2. The van der Waals surface area contributed by atoms with Crippen LogP contribution in [-0.2, 0) is 11.8 Å². The average Bonchev–Trinajstić information content (AvgIpc) is 2.63. The van der Waals surface area contributed by atoms with Crippen LogP contribution in [0.5, 0.6) is 5.75 Å². The zero-order valence-corrected chi connectivity index (χ0v) is 14.0. The van der Waals surface area contributed by atoms with Crippen molar-refractivity contribution >= 4 is 5.69 Å². The highest BCUT2D eigenvalue weighted by Crippen LogP contribution is 2.33. The maximum atomic E-state index is 11.6. The second-order valence-electron chi connectivity index (χ2n) is 6.17. The lowest BCUT2D eigenvalue weighted by Crippen LogP contribution is -2.21. The van der Waals surface area contributed by atoms with Crippen molar-refractivity contribution in [2.24, 2.45) is 13.0 Å². The van der Waals surface area contributed by atoms with E-state index in [0.29, 0.717) is 29.4 Å². The molecule has 1 aromatic heterocycles. The Balaban J connectivity index is 1.91. The Morgan fingerprint density at radius 1 is 1.28 bits per heavy atom. The largest absolute Gasteiger partial charge is 0.493 e. The number of benzene rings is 1. The summed E-state index contributed by atoms with van der Waals surface area (Å²) < 4.78 is 12.8. The molecule has 0 saturated carbocycles. The second-order valence-corrected chi connectivity index (χ2v) is 6.17. The Labute approximate surface area is 145 Å². The molecule has 1 aromatic carbocycles. The molecular weight excluding hydrogens is 324 g/mol. The Morgan fingerprint density at radius 3 is 2.72 bits per heavy atom. The van der Waals surface area contributed by atoms with Gasteiger partial charge < -0.3 is 14.0 Å². The Hall–Kier alpha value is -2.67. The van der Waals surface area contributed by atoms with Crippen LogP contribution < -0.4 is 10.3 Å². The molecule has 2 aromatic rings. The van der Waals surface area contributed by atoms with Crippen molar-refractivity contribution < 1.29 is 14.4 Å². The average molecular weight is 344 g/mol. The Morgan fingerprint density at radius 2 is 2.04 bits per heavy atom. The number of hydrogen-bond acceptors (Lipinski definition) is 5. The third-order valence-corrected chi connectivity index (χ3v) is 4.39. The fourth-order valence-electron chi connectivity index (χ4n) is 2.86. The van der Waals surface area contributed by atoms with E-state index in [2.05, 4.69) is 0 Å². The number of nitro benzene ring substituents is 1. The van der Waals surface area contributed by atoms with Crippen molar-refractivity contribution in [3.05, 3.63) is 57.0 Å². The first-order chi connectivity index (χ1) is 12.0. The van der Waals surface area contributed by atoms with Gasteiger partial charge in [0.15, 0.2) is 0 Å². The van der Waals surface area contributed by atoms with Gasteiger partial charge in [-0.15, -0.1) is 0 Å². The molecule has 25 heavy (non-hydrogen) atoms. The van der Waals surface area contributed by atoms with Crippen molar-refractivity contribution in [3.63, 3.8) is 0 Å². The minimum Gasteiger partial charge on any atom is -0.493 e. The molecule has 0 N–H and O–H groups in total. The van der Waals surface area contributed by atoms with Crippen LogP contribution in [0.3, 0.4) is 0 Å². The van der Waals surface area contributed by atoms with E-state index in [-0.39, 0.29) is 11.2 Å². The van der Waals surface area contributed by atoms with Gasteiger partial charge in [0.2, 0.25) is 5.56 Å². The maximum Gasteiger partial charge on any atom is 0.270 e. The number of nitrogens with zero attached hydrogens (tertiary/aromatic N) is 2. The molecule has 0 radical (unpaired) electrons. The third kappa shape index (κ3) is 4.06. The van der Waals surface area contributed by atoms with Gasteiger partial charge >= 0.3 is 0 Å². The molecule has 1 aliphatic heterocycles. The first-order valence-electron chi connectivity index (χ1n) is 8.20. The molecular formula is C18H20N2O5. The predicted molar refractivity (Wildman–Crippen MR) is 92.8 cm³/mol. The monoisotopic (exact) mass is 344 g/mol. The molecule has 0 atom stereocenters. The lowest BCUT2D eigenvalue weighted by atomic mass is 10.0. The minimum absolute atomic E-state index is 0.0118. The number of nitro groups is 1. The van der Waals surface area contributed by atoms with E-state index in [1.165, 1.54) is 22.8 Å². The van der Waals surface area contributed by atoms with Crippen molar-refractivity contribution in [3.8, 4) is 16.9 Å². The Kier molecular flexibility index (Phi) is 5.14. The normalized spacial score (nSPS) is 15.1.